The summed E-state index contributed by atoms with van der Waals surface area (Å²) < 4.78 is 38.0. The van der Waals surface area contributed by atoms with Gasteiger partial charge in [-0.1, -0.05) is 17.7 Å². The molecule has 0 aliphatic heterocycles. The van der Waals surface area contributed by atoms with Crippen LogP contribution in [0.5, 0.6) is 5.75 Å². The fourth-order valence-electron chi connectivity index (χ4n) is 1.16. The highest BCUT2D eigenvalue weighted by molar-refractivity contribution is 6.31. The highest BCUT2D eigenvalue weighted by Gasteiger charge is 2.49. The van der Waals surface area contributed by atoms with Crippen LogP contribution in [0.4, 0.5) is 13.2 Å². The molecule has 0 amide bonds. The molecular weight excluding hydrogens is 229 g/mol. The van der Waals surface area contributed by atoms with E-state index < -0.39 is 11.6 Å². The molecule has 0 spiro atoms. The SMILES string of the molecule is CC(C)(c1ccc(O)cc1Cl)C(F)(F)F. The lowest BCUT2D eigenvalue weighted by atomic mass is 9.84. The highest BCUT2D eigenvalue weighted by atomic mass is 35.5. The molecule has 0 heterocycles. The van der Waals surface area contributed by atoms with Crippen molar-refractivity contribution in [3.05, 3.63) is 28.8 Å². The minimum atomic E-state index is -4.38. The predicted octanol–water partition coefficient (Wildman–Crippen LogP) is 3.89. The molecule has 15 heavy (non-hydrogen) atoms. The molecule has 0 unspecified atom stereocenters. The normalized spacial score (nSPS) is 12.9. The van der Waals surface area contributed by atoms with Gasteiger partial charge < -0.3 is 5.11 Å². The minimum Gasteiger partial charge on any atom is -0.508 e. The number of aromatic hydroxyl groups is 1. The first-order valence-corrected chi connectivity index (χ1v) is 4.60. The second-order valence-electron chi connectivity index (χ2n) is 3.79. The first-order valence-electron chi connectivity index (χ1n) is 4.22. The van der Waals surface area contributed by atoms with E-state index in [1.807, 2.05) is 0 Å². The van der Waals surface area contributed by atoms with Gasteiger partial charge in [-0.05, 0) is 31.5 Å². The van der Waals surface area contributed by atoms with Crippen molar-refractivity contribution in [2.24, 2.45) is 0 Å². The van der Waals surface area contributed by atoms with E-state index in [1.54, 1.807) is 0 Å². The number of phenolic OH excluding ortho intramolecular Hbond substituents is 1. The molecule has 0 atom stereocenters. The lowest BCUT2D eigenvalue weighted by Gasteiger charge is -2.29. The van der Waals surface area contributed by atoms with Gasteiger partial charge in [-0.15, -0.1) is 0 Å². The van der Waals surface area contributed by atoms with Gasteiger partial charge in [-0.3, -0.25) is 0 Å². The van der Waals surface area contributed by atoms with E-state index >= 15 is 0 Å². The lowest BCUT2D eigenvalue weighted by Crippen LogP contribution is -2.36. The van der Waals surface area contributed by atoms with E-state index in [4.69, 9.17) is 16.7 Å². The zero-order chi connectivity index (χ0) is 11.9. The Hall–Kier alpha value is -0.900. The average molecular weight is 239 g/mol. The first-order chi connectivity index (χ1) is 6.66. The number of phenols is 1. The number of rotatable bonds is 1. The minimum absolute atomic E-state index is 0.0468. The molecule has 0 bridgehead atoms. The lowest BCUT2D eigenvalue weighted by molar-refractivity contribution is -0.180. The van der Waals surface area contributed by atoms with E-state index in [9.17, 15) is 13.2 Å². The molecule has 0 saturated carbocycles. The van der Waals surface area contributed by atoms with Crippen molar-refractivity contribution < 1.29 is 18.3 Å². The van der Waals surface area contributed by atoms with Crippen molar-refractivity contribution in [2.45, 2.75) is 25.4 Å². The molecule has 1 rings (SSSR count). The number of benzene rings is 1. The van der Waals surface area contributed by atoms with Gasteiger partial charge in [0, 0.05) is 5.02 Å². The maximum absolute atomic E-state index is 12.7. The molecule has 84 valence electrons. The summed E-state index contributed by atoms with van der Waals surface area (Å²) in [6, 6.07) is 3.48. The molecule has 1 N–H and O–H groups in total. The molecule has 0 radical (unpaired) electrons. The number of hydrogen-bond donors (Lipinski definition) is 1. The predicted molar refractivity (Wildman–Crippen MR) is 52.2 cm³/mol. The zero-order valence-corrected chi connectivity index (χ0v) is 8.95. The van der Waals surface area contributed by atoms with Crippen molar-refractivity contribution in [3.63, 3.8) is 0 Å². The maximum atomic E-state index is 12.7. The summed E-state index contributed by atoms with van der Waals surface area (Å²) in [6.45, 7) is 2.09. The third-order valence-electron chi connectivity index (χ3n) is 2.33. The van der Waals surface area contributed by atoms with E-state index in [0.717, 1.165) is 19.9 Å². The topological polar surface area (TPSA) is 20.2 Å². The van der Waals surface area contributed by atoms with Crippen LogP contribution in [0.3, 0.4) is 0 Å². The summed E-state index contributed by atoms with van der Waals surface area (Å²) in [6.07, 6.45) is -4.38. The highest BCUT2D eigenvalue weighted by Crippen LogP contribution is 2.43. The summed E-state index contributed by atoms with van der Waals surface area (Å²) in [5.41, 5.74) is -2.08. The van der Waals surface area contributed by atoms with Crippen molar-refractivity contribution in [3.8, 4) is 5.75 Å². The molecule has 0 aliphatic carbocycles. The Labute approximate surface area is 90.5 Å². The van der Waals surface area contributed by atoms with Crippen LogP contribution in [-0.2, 0) is 5.41 Å². The number of alkyl halides is 3. The molecule has 0 aliphatic rings. The Morgan fingerprint density at radius 3 is 2.13 bits per heavy atom. The van der Waals surface area contributed by atoms with Gasteiger partial charge in [-0.25, -0.2) is 0 Å². The van der Waals surface area contributed by atoms with Gasteiger partial charge in [0.1, 0.15) is 5.75 Å². The van der Waals surface area contributed by atoms with E-state index in [1.165, 1.54) is 12.1 Å². The first kappa shape index (κ1) is 12.2. The van der Waals surface area contributed by atoms with Crippen LogP contribution in [0.2, 0.25) is 5.02 Å². The van der Waals surface area contributed by atoms with Gasteiger partial charge in [0.2, 0.25) is 0 Å². The molecule has 1 aromatic carbocycles. The van der Waals surface area contributed by atoms with Crippen molar-refractivity contribution in [2.75, 3.05) is 0 Å². The summed E-state index contributed by atoms with van der Waals surface area (Å²) in [5, 5.41) is 8.95. The fourth-order valence-corrected chi connectivity index (χ4v) is 1.57. The average Bonchev–Trinajstić information content (AvgIpc) is 2.00. The second kappa shape index (κ2) is 3.59. The van der Waals surface area contributed by atoms with E-state index in [2.05, 4.69) is 0 Å². The van der Waals surface area contributed by atoms with Crippen LogP contribution in [0.25, 0.3) is 0 Å². The third kappa shape index (κ3) is 2.20. The smallest absolute Gasteiger partial charge is 0.397 e. The van der Waals surface area contributed by atoms with E-state index in [0.29, 0.717) is 0 Å². The van der Waals surface area contributed by atoms with Gasteiger partial charge in [0.05, 0.1) is 5.41 Å². The van der Waals surface area contributed by atoms with Crippen molar-refractivity contribution in [1.82, 2.24) is 0 Å². The standard InChI is InChI=1S/C10H10ClF3O/c1-9(2,10(12,13)14)7-4-3-6(15)5-8(7)11/h3-5,15H,1-2H3. The van der Waals surface area contributed by atoms with Gasteiger partial charge in [-0.2, -0.15) is 13.2 Å². The molecular formula is C10H10ClF3O. The van der Waals surface area contributed by atoms with E-state index in [-0.39, 0.29) is 16.3 Å². The summed E-state index contributed by atoms with van der Waals surface area (Å²) >= 11 is 5.66. The number of hydrogen-bond acceptors (Lipinski definition) is 1. The van der Waals surface area contributed by atoms with Crippen LogP contribution in [0.15, 0.2) is 18.2 Å². The second-order valence-corrected chi connectivity index (χ2v) is 4.19. The zero-order valence-electron chi connectivity index (χ0n) is 8.19. The van der Waals surface area contributed by atoms with Crippen LogP contribution in [-0.4, -0.2) is 11.3 Å². The van der Waals surface area contributed by atoms with Crippen LogP contribution in [0.1, 0.15) is 19.4 Å². The third-order valence-corrected chi connectivity index (χ3v) is 2.65. The Bertz CT molecular complexity index is 371. The fraction of sp³-hybridized carbons (Fsp3) is 0.400. The van der Waals surface area contributed by atoms with Crippen LogP contribution in [0, 0.1) is 0 Å². The molecule has 0 fully saturated rings. The molecule has 0 aromatic heterocycles. The molecule has 1 aromatic rings. The van der Waals surface area contributed by atoms with Crippen molar-refractivity contribution in [1.29, 1.82) is 0 Å². The summed E-state index contributed by atoms with van der Waals surface area (Å²) in [7, 11) is 0. The van der Waals surface area contributed by atoms with Crippen molar-refractivity contribution >= 4 is 11.6 Å². The molecule has 0 saturated heterocycles. The van der Waals surface area contributed by atoms with Gasteiger partial charge in [0.15, 0.2) is 0 Å². The Morgan fingerprint density at radius 2 is 1.73 bits per heavy atom. The van der Waals surface area contributed by atoms with Crippen LogP contribution >= 0.6 is 11.6 Å². The molecule has 1 nitrogen and oxygen atoms in total. The summed E-state index contributed by atoms with van der Waals surface area (Å²) in [4.78, 5) is 0. The van der Waals surface area contributed by atoms with Crippen LogP contribution < -0.4 is 0 Å². The largest absolute Gasteiger partial charge is 0.508 e. The quantitative estimate of drug-likeness (QED) is 0.787. The van der Waals surface area contributed by atoms with Gasteiger partial charge >= 0.3 is 6.18 Å². The Kier molecular flexibility index (Phi) is 2.92. The van der Waals surface area contributed by atoms with Gasteiger partial charge in [0.25, 0.3) is 0 Å². The number of halogens is 4. The summed E-state index contributed by atoms with van der Waals surface area (Å²) in [5.74, 6) is -0.151. The maximum Gasteiger partial charge on any atom is 0.397 e. The Balaban J connectivity index is 3.28. The molecule has 5 heteroatoms. The Morgan fingerprint density at radius 1 is 1.20 bits per heavy atom. The monoisotopic (exact) mass is 238 g/mol.